The molecule has 0 unspecified atom stereocenters. The molecule has 0 radical (unpaired) electrons. The highest BCUT2D eigenvalue weighted by molar-refractivity contribution is 8.31. The third kappa shape index (κ3) is 9.28. The van der Waals surface area contributed by atoms with E-state index in [-0.39, 0.29) is 5.41 Å². The minimum Gasteiger partial charge on any atom is -0.195 e. The normalized spacial score (nSPS) is 11.6. The number of halogens is 3. The largest absolute Gasteiger partial charge is 0.317 e. The molecule has 1 aromatic carbocycles. The highest BCUT2D eigenvalue weighted by atomic mass is 36.0. The Morgan fingerprint density at radius 1 is 1.12 bits per heavy atom. The minimum absolute atomic E-state index is 0.199. The maximum Gasteiger partial charge on any atom is 0.317 e. The summed E-state index contributed by atoms with van der Waals surface area (Å²) in [4.78, 5) is 0. The average molecular weight is 304 g/mol. The average Bonchev–Trinajstić information content (AvgIpc) is 1.99. The van der Waals surface area contributed by atoms with Crippen LogP contribution in [-0.2, 0) is 13.7 Å². The quantitative estimate of drug-likeness (QED) is 0.668. The third-order valence-electron chi connectivity index (χ3n) is 1.69. The van der Waals surface area contributed by atoms with E-state index >= 15 is 0 Å². The van der Waals surface area contributed by atoms with Crippen LogP contribution in [0.1, 0.15) is 26.3 Å². The van der Waals surface area contributed by atoms with Gasteiger partial charge in [0.25, 0.3) is 0 Å². The molecule has 0 heterocycles. The van der Waals surface area contributed by atoms with Gasteiger partial charge in [0.15, 0.2) is 0 Å². The first kappa shape index (κ1) is 16.0. The number of rotatable bonds is 0. The van der Waals surface area contributed by atoms with Crippen molar-refractivity contribution in [2.24, 2.45) is 0 Å². The standard InChI is InChI=1S/C10H13Cl.Cl2O2S/c1-10(2,3)8-5-4-6-9(11)7-8;1-5(2,3)4/h4-7H,1-3H3;. The molecule has 0 spiro atoms. The molecule has 1 aromatic rings. The molecular weight excluding hydrogens is 291 g/mol. The van der Waals surface area contributed by atoms with Crippen molar-refractivity contribution in [2.45, 2.75) is 26.2 Å². The van der Waals surface area contributed by atoms with Crippen LogP contribution >= 0.6 is 33.0 Å². The van der Waals surface area contributed by atoms with Gasteiger partial charge in [0.2, 0.25) is 0 Å². The van der Waals surface area contributed by atoms with Crippen LogP contribution in [0.5, 0.6) is 0 Å². The van der Waals surface area contributed by atoms with E-state index in [4.69, 9.17) is 20.0 Å². The van der Waals surface area contributed by atoms with Crippen LogP contribution in [0.3, 0.4) is 0 Å². The highest BCUT2D eigenvalue weighted by Crippen LogP contribution is 2.24. The second-order valence-electron chi connectivity index (χ2n) is 4.14. The lowest BCUT2D eigenvalue weighted by Crippen LogP contribution is -2.10. The van der Waals surface area contributed by atoms with Crippen LogP contribution in [0.15, 0.2) is 24.3 Å². The minimum atomic E-state index is -3.72. The molecule has 0 aliphatic rings. The van der Waals surface area contributed by atoms with E-state index in [2.05, 4.69) is 48.2 Å². The lowest BCUT2D eigenvalue weighted by atomic mass is 9.87. The summed E-state index contributed by atoms with van der Waals surface area (Å²) in [5, 5.41) is 0.817. The summed E-state index contributed by atoms with van der Waals surface area (Å²) < 4.78 is 18.3. The van der Waals surface area contributed by atoms with Gasteiger partial charge < -0.3 is 0 Å². The van der Waals surface area contributed by atoms with Crippen molar-refractivity contribution in [1.29, 1.82) is 0 Å². The summed E-state index contributed by atoms with van der Waals surface area (Å²) in [5.74, 6) is 0. The van der Waals surface area contributed by atoms with Gasteiger partial charge in [-0.25, -0.2) is 0 Å². The molecule has 92 valence electrons. The molecule has 0 aromatic heterocycles. The third-order valence-corrected chi connectivity index (χ3v) is 1.93. The first-order valence-corrected chi connectivity index (χ1v) is 7.92. The SMILES string of the molecule is CC(C)(C)c1cccc(Cl)c1.O=S(=O)(Cl)Cl. The van der Waals surface area contributed by atoms with Gasteiger partial charge in [-0.1, -0.05) is 44.5 Å². The maximum absolute atomic E-state index is 9.16. The molecule has 16 heavy (non-hydrogen) atoms. The van der Waals surface area contributed by atoms with Gasteiger partial charge in [-0.2, -0.15) is 8.42 Å². The van der Waals surface area contributed by atoms with E-state index in [1.165, 1.54) is 5.56 Å². The predicted molar refractivity (Wildman–Crippen MR) is 70.8 cm³/mol. The fraction of sp³-hybridized carbons (Fsp3) is 0.400. The predicted octanol–water partition coefficient (Wildman–Crippen LogP) is 4.35. The summed E-state index contributed by atoms with van der Waals surface area (Å²) in [7, 11) is 4.81. The van der Waals surface area contributed by atoms with Crippen molar-refractivity contribution in [1.82, 2.24) is 0 Å². The molecule has 6 heteroatoms. The van der Waals surface area contributed by atoms with E-state index in [0.717, 1.165) is 5.02 Å². The monoisotopic (exact) mass is 302 g/mol. The van der Waals surface area contributed by atoms with Crippen molar-refractivity contribution in [3.8, 4) is 0 Å². The second-order valence-corrected chi connectivity index (χ2v) is 8.24. The molecule has 0 amide bonds. The Morgan fingerprint density at radius 3 is 1.81 bits per heavy atom. The fourth-order valence-corrected chi connectivity index (χ4v) is 1.15. The summed E-state index contributed by atoms with van der Waals surface area (Å²) >= 11 is 5.85. The van der Waals surface area contributed by atoms with Crippen molar-refractivity contribution < 1.29 is 8.42 Å². The first-order chi connectivity index (χ1) is 7.00. The molecule has 0 saturated carbocycles. The van der Waals surface area contributed by atoms with Crippen LogP contribution in [0.2, 0.25) is 5.02 Å². The molecule has 1 rings (SSSR count). The molecular formula is C10H13Cl3O2S. The van der Waals surface area contributed by atoms with Crippen LogP contribution in [0.25, 0.3) is 0 Å². The molecule has 0 aliphatic heterocycles. The summed E-state index contributed by atoms with van der Waals surface area (Å²) in [6, 6.07) is 8.01. The smallest absolute Gasteiger partial charge is 0.195 e. The number of benzene rings is 1. The van der Waals surface area contributed by atoms with Crippen LogP contribution in [0, 0.1) is 0 Å². The molecule has 0 fully saturated rings. The Morgan fingerprint density at radius 2 is 1.56 bits per heavy atom. The Labute approximate surface area is 110 Å². The fourth-order valence-electron chi connectivity index (χ4n) is 0.955. The Balaban J connectivity index is 0.000000385. The second kappa shape index (κ2) is 6.10. The van der Waals surface area contributed by atoms with Crippen molar-refractivity contribution in [3.63, 3.8) is 0 Å². The zero-order valence-corrected chi connectivity index (χ0v) is 12.3. The van der Waals surface area contributed by atoms with Crippen LogP contribution in [-0.4, -0.2) is 8.42 Å². The van der Waals surface area contributed by atoms with Gasteiger partial charge in [0, 0.05) is 26.4 Å². The van der Waals surface area contributed by atoms with Crippen molar-refractivity contribution in [2.75, 3.05) is 0 Å². The van der Waals surface area contributed by atoms with E-state index in [1.807, 2.05) is 18.2 Å². The van der Waals surface area contributed by atoms with Crippen LogP contribution in [0.4, 0.5) is 0 Å². The van der Waals surface area contributed by atoms with E-state index in [1.54, 1.807) is 0 Å². The number of hydrogen-bond donors (Lipinski definition) is 0. The van der Waals surface area contributed by atoms with Gasteiger partial charge >= 0.3 is 8.26 Å². The molecule has 2 nitrogen and oxygen atoms in total. The van der Waals surface area contributed by atoms with E-state index < -0.39 is 8.26 Å². The summed E-state index contributed by atoms with van der Waals surface area (Å²) in [5.41, 5.74) is 1.48. The lowest BCUT2D eigenvalue weighted by Gasteiger charge is -2.18. The highest BCUT2D eigenvalue weighted by Gasteiger charge is 2.12. The van der Waals surface area contributed by atoms with Crippen molar-refractivity contribution in [3.05, 3.63) is 34.9 Å². The molecule has 0 aliphatic carbocycles. The molecule has 0 bridgehead atoms. The van der Waals surface area contributed by atoms with Crippen LogP contribution < -0.4 is 0 Å². The zero-order valence-electron chi connectivity index (χ0n) is 9.17. The Kier molecular flexibility index (Phi) is 6.12. The lowest BCUT2D eigenvalue weighted by molar-refractivity contribution is 0.590. The van der Waals surface area contributed by atoms with Gasteiger partial charge in [-0.3, -0.25) is 0 Å². The van der Waals surface area contributed by atoms with E-state index in [0.29, 0.717) is 0 Å². The van der Waals surface area contributed by atoms with Gasteiger partial charge in [-0.15, -0.1) is 0 Å². The first-order valence-electron chi connectivity index (χ1n) is 4.40. The molecule has 0 atom stereocenters. The summed E-state index contributed by atoms with van der Waals surface area (Å²) in [6.45, 7) is 6.54. The topological polar surface area (TPSA) is 34.1 Å². The van der Waals surface area contributed by atoms with Gasteiger partial charge in [0.05, 0.1) is 0 Å². The van der Waals surface area contributed by atoms with Gasteiger partial charge in [-0.05, 0) is 23.1 Å². The van der Waals surface area contributed by atoms with E-state index in [9.17, 15) is 0 Å². The Bertz CT molecular complexity index is 428. The number of hydrogen-bond acceptors (Lipinski definition) is 2. The molecule has 0 saturated heterocycles. The van der Waals surface area contributed by atoms with Crippen molar-refractivity contribution >= 4 is 41.2 Å². The summed E-state index contributed by atoms with van der Waals surface area (Å²) in [6.07, 6.45) is 0. The van der Waals surface area contributed by atoms with Gasteiger partial charge in [0.1, 0.15) is 0 Å². The molecule has 0 N–H and O–H groups in total. The maximum atomic E-state index is 9.16. The zero-order chi connectivity index (χ0) is 13.0. The Hall–Kier alpha value is 0.0400.